The average molecular weight is 209 g/mol. The molecule has 1 amide bonds. The number of aromatic nitrogens is 1. The number of nitrogens with two attached hydrogens (primary N) is 1. The van der Waals surface area contributed by atoms with Crippen molar-refractivity contribution in [3.8, 4) is 0 Å². The van der Waals surface area contributed by atoms with Crippen molar-refractivity contribution in [2.24, 2.45) is 0 Å². The van der Waals surface area contributed by atoms with Crippen molar-refractivity contribution < 1.29 is 9.18 Å². The lowest BCUT2D eigenvalue weighted by Crippen LogP contribution is -2.34. The molecule has 1 heterocycles. The minimum Gasteiger partial charge on any atom is -0.383 e. The van der Waals surface area contributed by atoms with E-state index >= 15 is 0 Å². The summed E-state index contributed by atoms with van der Waals surface area (Å²) in [5.74, 6) is -0.868. The second kappa shape index (κ2) is 3.18. The maximum Gasteiger partial charge on any atom is 0.255 e. The summed E-state index contributed by atoms with van der Waals surface area (Å²) in [5, 5.41) is 2.79. The maximum atomic E-state index is 12.9. The van der Waals surface area contributed by atoms with Crippen molar-refractivity contribution in [3.63, 3.8) is 0 Å². The summed E-state index contributed by atoms with van der Waals surface area (Å²) in [4.78, 5) is 15.3. The third-order valence-electron chi connectivity index (χ3n) is 2.55. The molecular weight excluding hydrogens is 197 g/mol. The van der Waals surface area contributed by atoms with Crippen LogP contribution in [0.3, 0.4) is 0 Å². The highest BCUT2D eigenvalue weighted by molar-refractivity contribution is 5.98. The molecule has 1 aromatic heterocycles. The molecule has 15 heavy (non-hydrogen) atoms. The van der Waals surface area contributed by atoms with Gasteiger partial charge in [0.15, 0.2) is 0 Å². The molecule has 1 saturated carbocycles. The molecule has 0 radical (unpaired) electrons. The molecule has 4 nitrogen and oxygen atoms in total. The quantitative estimate of drug-likeness (QED) is 0.766. The van der Waals surface area contributed by atoms with Crippen LogP contribution in [0.4, 0.5) is 10.2 Å². The highest BCUT2D eigenvalue weighted by Crippen LogP contribution is 2.34. The summed E-state index contributed by atoms with van der Waals surface area (Å²) >= 11 is 0. The van der Waals surface area contributed by atoms with Crippen molar-refractivity contribution in [1.82, 2.24) is 10.3 Å². The van der Waals surface area contributed by atoms with E-state index in [1.807, 2.05) is 6.92 Å². The first-order valence-corrected chi connectivity index (χ1v) is 4.74. The molecular formula is C10H12FN3O. The monoisotopic (exact) mass is 209 g/mol. The standard InChI is InChI=1S/C10H12FN3O/c1-10(2-3-10)14-9(15)7-4-6(11)5-13-8(7)12/h4-5H,2-3H2,1H3,(H2,12,13)(H,14,15). The summed E-state index contributed by atoms with van der Waals surface area (Å²) in [6.45, 7) is 1.94. The number of carbonyl (C=O) groups is 1. The van der Waals surface area contributed by atoms with Crippen LogP contribution in [0.1, 0.15) is 30.1 Å². The molecule has 1 fully saturated rings. The molecule has 0 unspecified atom stereocenters. The molecule has 0 aromatic carbocycles. The Balaban J connectivity index is 2.21. The van der Waals surface area contributed by atoms with Crippen molar-refractivity contribution in [2.75, 3.05) is 5.73 Å². The summed E-state index contributed by atoms with van der Waals surface area (Å²) < 4.78 is 12.9. The first-order chi connectivity index (χ1) is 7.00. The van der Waals surface area contributed by atoms with Gasteiger partial charge < -0.3 is 11.1 Å². The van der Waals surface area contributed by atoms with Crippen LogP contribution in [0, 0.1) is 5.82 Å². The van der Waals surface area contributed by atoms with Crippen LogP contribution < -0.4 is 11.1 Å². The highest BCUT2D eigenvalue weighted by Gasteiger charge is 2.39. The van der Waals surface area contributed by atoms with E-state index in [2.05, 4.69) is 10.3 Å². The topological polar surface area (TPSA) is 68.0 Å². The lowest BCUT2D eigenvalue weighted by molar-refractivity contribution is 0.0935. The number of nitrogen functional groups attached to an aromatic ring is 1. The van der Waals surface area contributed by atoms with E-state index in [1.54, 1.807) is 0 Å². The molecule has 80 valence electrons. The van der Waals surface area contributed by atoms with Gasteiger partial charge in [-0.3, -0.25) is 4.79 Å². The minimum atomic E-state index is -0.560. The summed E-state index contributed by atoms with van der Waals surface area (Å²) in [5.41, 5.74) is 5.45. The van der Waals surface area contributed by atoms with E-state index in [9.17, 15) is 9.18 Å². The van der Waals surface area contributed by atoms with Gasteiger partial charge in [0.1, 0.15) is 11.6 Å². The third-order valence-corrected chi connectivity index (χ3v) is 2.55. The summed E-state index contributed by atoms with van der Waals surface area (Å²) in [6.07, 6.45) is 2.88. The number of anilines is 1. The van der Waals surface area contributed by atoms with E-state index in [-0.39, 0.29) is 22.8 Å². The maximum absolute atomic E-state index is 12.9. The molecule has 0 bridgehead atoms. The zero-order valence-corrected chi connectivity index (χ0v) is 8.38. The van der Waals surface area contributed by atoms with Crippen LogP contribution in [0.2, 0.25) is 0 Å². The number of rotatable bonds is 2. The van der Waals surface area contributed by atoms with Crippen LogP contribution in [-0.4, -0.2) is 16.4 Å². The largest absolute Gasteiger partial charge is 0.383 e. The van der Waals surface area contributed by atoms with Gasteiger partial charge in [0, 0.05) is 5.54 Å². The third kappa shape index (κ3) is 2.06. The van der Waals surface area contributed by atoms with Gasteiger partial charge in [0.25, 0.3) is 5.91 Å². The number of pyridine rings is 1. The van der Waals surface area contributed by atoms with E-state index < -0.39 is 5.82 Å². The molecule has 1 aromatic rings. The van der Waals surface area contributed by atoms with Gasteiger partial charge in [-0.2, -0.15) is 0 Å². The first kappa shape index (κ1) is 9.89. The van der Waals surface area contributed by atoms with Crippen molar-refractivity contribution in [3.05, 3.63) is 23.6 Å². The van der Waals surface area contributed by atoms with Gasteiger partial charge in [-0.05, 0) is 25.8 Å². The highest BCUT2D eigenvalue weighted by atomic mass is 19.1. The molecule has 1 aliphatic carbocycles. The van der Waals surface area contributed by atoms with Crippen molar-refractivity contribution in [1.29, 1.82) is 0 Å². The predicted molar refractivity (Wildman–Crippen MR) is 53.7 cm³/mol. The number of nitrogens with zero attached hydrogens (tertiary/aromatic N) is 1. The Morgan fingerprint density at radius 2 is 2.33 bits per heavy atom. The van der Waals surface area contributed by atoms with Crippen molar-refractivity contribution in [2.45, 2.75) is 25.3 Å². The fraction of sp³-hybridized carbons (Fsp3) is 0.400. The number of carbonyl (C=O) groups excluding carboxylic acids is 1. The molecule has 0 saturated heterocycles. The van der Waals surface area contributed by atoms with E-state index in [0.29, 0.717) is 0 Å². The van der Waals surface area contributed by atoms with Gasteiger partial charge in [0.2, 0.25) is 0 Å². The normalized spacial score (nSPS) is 17.2. The van der Waals surface area contributed by atoms with Crippen LogP contribution in [0.5, 0.6) is 0 Å². The fourth-order valence-corrected chi connectivity index (χ4v) is 1.29. The fourth-order valence-electron chi connectivity index (χ4n) is 1.29. The Morgan fingerprint density at radius 1 is 1.67 bits per heavy atom. The van der Waals surface area contributed by atoms with Crippen molar-refractivity contribution >= 4 is 11.7 Å². The van der Waals surface area contributed by atoms with Gasteiger partial charge in [-0.1, -0.05) is 0 Å². The lowest BCUT2D eigenvalue weighted by atomic mass is 10.2. The Labute approximate surface area is 86.7 Å². The number of nitrogens with one attached hydrogen (secondary N) is 1. The second-order valence-corrected chi connectivity index (χ2v) is 4.10. The van der Waals surface area contributed by atoms with Crippen LogP contribution in [-0.2, 0) is 0 Å². The summed E-state index contributed by atoms with van der Waals surface area (Å²) in [7, 11) is 0. The molecule has 0 spiro atoms. The molecule has 0 atom stereocenters. The van der Waals surface area contributed by atoms with Gasteiger partial charge in [-0.25, -0.2) is 9.37 Å². The Bertz CT molecular complexity index is 415. The average Bonchev–Trinajstić information content (AvgIpc) is 2.87. The number of halogens is 1. The predicted octanol–water partition coefficient (Wildman–Crippen LogP) is 1.09. The van der Waals surface area contributed by atoms with E-state index in [0.717, 1.165) is 25.1 Å². The zero-order chi connectivity index (χ0) is 11.1. The van der Waals surface area contributed by atoms with E-state index in [4.69, 9.17) is 5.73 Å². The smallest absolute Gasteiger partial charge is 0.255 e. The van der Waals surface area contributed by atoms with Gasteiger partial charge >= 0.3 is 0 Å². The van der Waals surface area contributed by atoms with Crippen LogP contribution in [0.25, 0.3) is 0 Å². The first-order valence-electron chi connectivity index (χ1n) is 4.74. The second-order valence-electron chi connectivity index (χ2n) is 4.10. The number of hydrogen-bond donors (Lipinski definition) is 2. The van der Waals surface area contributed by atoms with Crippen LogP contribution in [0.15, 0.2) is 12.3 Å². The molecule has 3 N–H and O–H groups in total. The minimum absolute atomic E-state index is 0.0538. The molecule has 2 rings (SSSR count). The van der Waals surface area contributed by atoms with Gasteiger partial charge in [-0.15, -0.1) is 0 Å². The van der Waals surface area contributed by atoms with Gasteiger partial charge in [0.05, 0.1) is 11.8 Å². The molecule has 1 aliphatic rings. The number of hydrogen-bond acceptors (Lipinski definition) is 3. The Morgan fingerprint density at radius 3 is 2.93 bits per heavy atom. The number of amides is 1. The lowest BCUT2D eigenvalue weighted by Gasteiger charge is -2.12. The summed E-state index contributed by atoms with van der Waals surface area (Å²) in [6, 6.07) is 1.10. The Kier molecular flexibility index (Phi) is 2.10. The zero-order valence-electron chi connectivity index (χ0n) is 8.38. The molecule has 0 aliphatic heterocycles. The Hall–Kier alpha value is -1.65. The van der Waals surface area contributed by atoms with Crippen LogP contribution >= 0.6 is 0 Å². The van der Waals surface area contributed by atoms with E-state index in [1.165, 1.54) is 0 Å². The molecule has 5 heteroatoms. The SMILES string of the molecule is CC1(NC(=O)c2cc(F)cnc2N)CC1.